The molecule has 0 spiro atoms. The average molecular weight is 284 g/mol. The van der Waals surface area contributed by atoms with E-state index < -0.39 is 17.7 Å². The zero-order chi connectivity index (χ0) is 15.3. The average Bonchev–Trinajstić information content (AvgIpc) is 2.30. The number of halogens is 2. The van der Waals surface area contributed by atoms with Crippen molar-refractivity contribution in [2.45, 2.75) is 45.7 Å². The van der Waals surface area contributed by atoms with Crippen molar-refractivity contribution in [2.24, 2.45) is 0 Å². The molecule has 0 aliphatic rings. The van der Waals surface area contributed by atoms with E-state index in [0.717, 1.165) is 18.2 Å². The number of hydrogen-bond donors (Lipinski definition) is 2. The van der Waals surface area contributed by atoms with Gasteiger partial charge in [-0.15, -0.1) is 0 Å². The molecule has 0 aliphatic carbocycles. The van der Waals surface area contributed by atoms with Crippen LogP contribution >= 0.6 is 0 Å². The van der Waals surface area contributed by atoms with Crippen LogP contribution in [0, 0.1) is 11.6 Å². The maximum atomic E-state index is 13.5. The Kier molecular flexibility index (Phi) is 5.62. The largest absolute Gasteiger partial charge is 0.349 e. The Balaban J connectivity index is 2.51. The van der Waals surface area contributed by atoms with E-state index in [1.54, 1.807) is 6.92 Å². The fourth-order valence-electron chi connectivity index (χ4n) is 1.79. The molecule has 1 aromatic carbocycles. The molecule has 0 aliphatic heterocycles. The van der Waals surface area contributed by atoms with Crippen LogP contribution in [0.2, 0.25) is 0 Å². The van der Waals surface area contributed by atoms with Crippen LogP contribution in [-0.4, -0.2) is 18.0 Å². The molecule has 0 aromatic heterocycles. The van der Waals surface area contributed by atoms with Crippen molar-refractivity contribution < 1.29 is 13.6 Å². The summed E-state index contributed by atoms with van der Waals surface area (Å²) in [6.07, 6.45) is 0.290. The molecule has 1 unspecified atom stereocenters. The summed E-state index contributed by atoms with van der Waals surface area (Å²) in [5, 5.41) is 5.86. The summed E-state index contributed by atoms with van der Waals surface area (Å²) in [5.74, 6) is -1.23. The van der Waals surface area contributed by atoms with Crippen molar-refractivity contribution in [3.05, 3.63) is 35.4 Å². The Morgan fingerprint density at radius 2 is 1.95 bits per heavy atom. The third-order valence-electron chi connectivity index (χ3n) is 2.81. The molecule has 0 fully saturated rings. The van der Waals surface area contributed by atoms with E-state index in [4.69, 9.17) is 0 Å². The summed E-state index contributed by atoms with van der Waals surface area (Å²) in [6, 6.07) is 2.66. The molecule has 0 bridgehead atoms. The lowest BCUT2D eigenvalue weighted by molar-refractivity contribution is -0.121. The third kappa shape index (κ3) is 5.65. The quantitative estimate of drug-likeness (QED) is 0.873. The van der Waals surface area contributed by atoms with Gasteiger partial charge in [-0.1, -0.05) is 0 Å². The van der Waals surface area contributed by atoms with Gasteiger partial charge in [-0.2, -0.15) is 0 Å². The van der Waals surface area contributed by atoms with Gasteiger partial charge in [-0.05, 0) is 45.9 Å². The van der Waals surface area contributed by atoms with Crippen molar-refractivity contribution >= 4 is 5.91 Å². The van der Waals surface area contributed by atoms with Crippen LogP contribution in [0.25, 0.3) is 0 Å². The molecule has 0 radical (unpaired) electrons. The summed E-state index contributed by atoms with van der Waals surface area (Å²) in [6.45, 7) is 8.20. The van der Waals surface area contributed by atoms with E-state index in [0.29, 0.717) is 13.0 Å². The Labute approximate surface area is 118 Å². The SMILES string of the molecule is CC(NC(=O)CCNC(C)(C)C)c1cc(F)ccc1F. The van der Waals surface area contributed by atoms with Gasteiger partial charge in [0.2, 0.25) is 5.91 Å². The molecule has 20 heavy (non-hydrogen) atoms. The highest BCUT2D eigenvalue weighted by molar-refractivity contribution is 5.76. The minimum atomic E-state index is -0.562. The Morgan fingerprint density at radius 1 is 1.30 bits per heavy atom. The fourth-order valence-corrected chi connectivity index (χ4v) is 1.79. The number of nitrogens with one attached hydrogen (secondary N) is 2. The highest BCUT2D eigenvalue weighted by Crippen LogP contribution is 2.17. The zero-order valence-corrected chi connectivity index (χ0v) is 12.4. The molecular weight excluding hydrogens is 262 g/mol. The van der Waals surface area contributed by atoms with Crippen molar-refractivity contribution in [3.8, 4) is 0 Å². The number of carbonyl (C=O) groups is 1. The van der Waals surface area contributed by atoms with Crippen LogP contribution in [0.3, 0.4) is 0 Å². The second-order valence-electron chi connectivity index (χ2n) is 5.88. The maximum absolute atomic E-state index is 13.5. The highest BCUT2D eigenvalue weighted by atomic mass is 19.1. The molecule has 1 aromatic rings. The fraction of sp³-hybridized carbons (Fsp3) is 0.533. The number of carbonyl (C=O) groups excluding carboxylic acids is 1. The van der Waals surface area contributed by atoms with E-state index in [9.17, 15) is 13.6 Å². The molecular formula is C15H22F2N2O. The molecule has 1 rings (SSSR count). The normalized spacial score (nSPS) is 13.1. The summed E-state index contributed by atoms with van der Waals surface area (Å²) in [7, 11) is 0. The monoisotopic (exact) mass is 284 g/mol. The van der Waals surface area contributed by atoms with Gasteiger partial charge in [-0.25, -0.2) is 8.78 Å². The van der Waals surface area contributed by atoms with Crippen molar-refractivity contribution in [3.63, 3.8) is 0 Å². The molecule has 1 atom stereocenters. The smallest absolute Gasteiger partial charge is 0.221 e. The number of amides is 1. The van der Waals surface area contributed by atoms with Gasteiger partial charge < -0.3 is 10.6 Å². The van der Waals surface area contributed by atoms with Gasteiger partial charge in [0.1, 0.15) is 11.6 Å². The lowest BCUT2D eigenvalue weighted by atomic mass is 10.1. The van der Waals surface area contributed by atoms with Gasteiger partial charge in [-0.3, -0.25) is 4.79 Å². The summed E-state index contributed by atoms with van der Waals surface area (Å²) < 4.78 is 26.6. The minimum Gasteiger partial charge on any atom is -0.349 e. The van der Waals surface area contributed by atoms with Gasteiger partial charge in [0.25, 0.3) is 0 Å². The zero-order valence-electron chi connectivity index (χ0n) is 12.4. The van der Waals surface area contributed by atoms with E-state index in [1.165, 1.54) is 0 Å². The van der Waals surface area contributed by atoms with Crippen LogP contribution in [-0.2, 0) is 4.79 Å². The van der Waals surface area contributed by atoms with Gasteiger partial charge in [0, 0.05) is 24.1 Å². The number of hydrogen-bond acceptors (Lipinski definition) is 2. The first-order valence-electron chi connectivity index (χ1n) is 6.68. The van der Waals surface area contributed by atoms with Crippen LogP contribution in [0.4, 0.5) is 8.78 Å². The molecule has 0 saturated carbocycles. The van der Waals surface area contributed by atoms with Crippen molar-refractivity contribution in [1.29, 1.82) is 0 Å². The molecule has 2 N–H and O–H groups in total. The second kappa shape index (κ2) is 6.79. The Bertz CT molecular complexity index is 469. The Hall–Kier alpha value is -1.49. The van der Waals surface area contributed by atoms with Crippen LogP contribution in [0.1, 0.15) is 45.7 Å². The van der Waals surface area contributed by atoms with Crippen molar-refractivity contribution in [1.82, 2.24) is 10.6 Å². The maximum Gasteiger partial charge on any atom is 0.221 e. The number of rotatable bonds is 5. The number of benzene rings is 1. The van der Waals surface area contributed by atoms with Crippen molar-refractivity contribution in [2.75, 3.05) is 6.54 Å². The molecule has 0 heterocycles. The summed E-state index contributed by atoms with van der Waals surface area (Å²) in [4.78, 5) is 11.7. The van der Waals surface area contributed by atoms with E-state index >= 15 is 0 Å². The third-order valence-corrected chi connectivity index (χ3v) is 2.81. The Morgan fingerprint density at radius 3 is 2.55 bits per heavy atom. The van der Waals surface area contributed by atoms with Gasteiger partial charge in [0.05, 0.1) is 6.04 Å². The predicted octanol–water partition coefficient (Wildman–Crippen LogP) is 2.92. The van der Waals surface area contributed by atoms with Crippen LogP contribution in [0.5, 0.6) is 0 Å². The summed E-state index contributed by atoms with van der Waals surface area (Å²) >= 11 is 0. The standard InChI is InChI=1S/C15H22F2N2O/c1-10(12-9-11(16)5-6-13(12)17)19-14(20)7-8-18-15(2,3)4/h5-6,9-10,18H,7-8H2,1-4H3,(H,19,20). The van der Waals surface area contributed by atoms with Crippen LogP contribution < -0.4 is 10.6 Å². The molecule has 0 saturated heterocycles. The lowest BCUT2D eigenvalue weighted by Gasteiger charge is -2.21. The minimum absolute atomic E-state index is 0.0550. The predicted molar refractivity (Wildman–Crippen MR) is 75.3 cm³/mol. The second-order valence-corrected chi connectivity index (χ2v) is 5.88. The summed E-state index contributed by atoms with van der Waals surface area (Å²) in [5.41, 5.74) is 0.0998. The highest BCUT2D eigenvalue weighted by Gasteiger charge is 2.15. The topological polar surface area (TPSA) is 41.1 Å². The lowest BCUT2D eigenvalue weighted by Crippen LogP contribution is -2.38. The first-order valence-corrected chi connectivity index (χ1v) is 6.68. The molecule has 3 nitrogen and oxygen atoms in total. The molecule has 112 valence electrons. The van der Waals surface area contributed by atoms with Gasteiger partial charge in [0.15, 0.2) is 0 Å². The van der Waals surface area contributed by atoms with Crippen LogP contribution in [0.15, 0.2) is 18.2 Å². The molecule has 5 heteroatoms. The molecule has 1 amide bonds. The van der Waals surface area contributed by atoms with Gasteiger partial charge >= 0.3 is 0 Å². The van der Waals surface area contributed by atoms with E-state index in [-0.39, 0.29) is 17.0 Å². The van der Waals surface area contributed by atoms with E-state index in [1.807, 2.05) is 20.8 Å². The first kappa shape index (κ1) is 16.6. The first-order chi connectivity index (χ1) is 9.19. The van der Waals surface area contributed by atoms with E-state index in [2.05, 4.69) is 10.6 Å².